The minimum Gasteiger partial charge on any atom is -0.495 e. The lowest BCUT2D eigenvalue weighted by molar-refractivity contribution is -0.190. The molecule has 2 aliphatic rings. The molecule has 42 heavy (non-hydrogen) atoms. The second-order valence-corrected chi connectivity index (χ2v) is 10.7. The first-order valence-corrected chi connectivity index (χ1v) is 14.0. The van der Waals surface area contributed by atoms with Crippen LogP contribution in [0, 0.1) is 0 Å². The van der Waals surface area contributed by atoms with E-state index >= 15 is 0 Å². The number of nitrogens with one attached hydrogen (secondary N) is 3. The van der Waals surface area contributed by atoms with Gasteiger partial charge >= 0.3 is 6.18 Å². The van der Waals surface area contributed by atoms with Gasteiger partial charge in [0.15, 0.2) is 0 Å². The van der Waals surface area contributed by atoms with Gasteiger partial charge in [0.25, 0.3) is 5.91 Å². The summed E-state index contributed by atoms with van der Waals surface area (Å²) >= 11 is 0. The molecular weight excluding hydrogens is 555 g/mol. The van der Waals surface area contributed by atoms with Crippen molar-refractivity contribution in [3.63, 3.8) is 0 Å². The summed E-state index contributed by atoms with van der Waals surface area (Å²) in [6.45, 7) is 3.16. The van der Waals surface area contributed by atoms with Gasteiger partial charge in [0.1, 0.15) is 17.1 Å². The Labute approximate surface area is 243 Å². The maximum Gasteiger partial charge on any atom is 0.421 e. The summed E-state index contributed by atoms with van der Waals surface area (Å²) in [4.78, 5) is 40.5. The Morgan fingerprint density at radius 1 is 1.10 bits per heavy atom. The van der Waals surface area contributed by atoms with Crippen LogP contribution in [0.5, 0.6) is 5.75 Å². The number of nitrogens with zero attached hydrogens (tertiary/aromatic N) is 4. The number of amides is 2. The molecule has 2 fully saturated rings. The zero-order valence-electron chi connectivity index (χ0n) is 24.3. The van der Waals surface area contributed by atoms with Crippen molar-refractivity contribution in [1.29, 1.82) is 0 Å². The van der Waals surface area contributed by atoms with E-state index in [1.54, 1.807) is 18.2 Å². The first-order chi connectivity index (χ1) is 20.0. The number of alkyl halides is 3. The highest BCUT2D eigenvalue weighted by molar-refractivity contribution is 5.95. The van der Waals surface area contributed by atoms with E-state index in [4.69, 9.17) is 9.57 Å². The largest absolute Gasteiger partial charge is 0.495 e. The normalized spacial score (nSPS) is 20.1. The van der Waals surface area contributed by atoms with Gasteiger partial charge in [0.05, 0.1) is 32.0 Å². The van der Waals surface area contributed by atoms with Crippen LogP contribution < -0.4 is 20.7 Å². The van der Waals surface area contributed by atoms with Gasteiger partial charge in [-0.3, -0.25) is 14.4 Å². The summed E-state index contributed by atoms with van der Waals surface area (Å²) in [6.07, 6.45) is 0.396. The molecule has 1 aliphatic carbocycles. The average Bonchev–Trinajstić information content (AvgIpc) is 2.95. The standard InChI is InChI=1S/C28H38F3N7O4/c1-17(39)38(42-4)23-8-6-5-7-21(23)34-25-20(28(29,30)31)16-32-27(36-25)35-22-10-9-18(15-24(22)41-3)26(40)33-19-11-13-37(2)14-12-19/h9-10,15-16,19,21,23H,5-8,11-14H2,1-4H3,(H,33,40)(H2,32,34,35,36)/t21-,23+/m1/s1. The van der Waals surface area contributed by atoms with Gasteiger partial charge < -0.3 is 25.6 Å². The predicted octanol–water partition coefficient (Wildman–Crippen LogP) is 4.20. The van der Waals surface area contributed by atoms with Gasteiger partial charge in [-0.25, -0.2) is 10.0 Å². The lowest BCUT2D eigenvalue weighted by atomic mass is 9.89. The van der Waals surface area contributed by atoms with Crippen LogP contribution in [0.25, 0.3) is 0 Å². The summed E-state index contributed by atoms with van der Waals surface area (Å²) in [6, 6.07) is 3.84. The number of hydrogen-bond acceptors (Lipinski definition) is 9. The molecule has 11 nitrogen and oxygen atoms in total. The first-order valence-electron chi connectivity index (χ1n) is 14.0. The Morgan fingerprint density at radius 2 is 1.81 bits per heavy atom. The highest BCUT2D eigenvalue weighted by Crippen LogP contribution is 2.37. The van der Waals surface area contributed by atoms with Crippen molar-refractivity contribution in [2.45, 2.75) is 69.8 Å². The van der Waals surface area contributed by atoms with Gasteiger partial charge in [-0.15, -0.1) is 0 Å². The molecule has 0 unspecified atom stereocenters. The van der Waals surface area contributed by atoms with Gasteiger partial charge in [-0.2, -0.15) is 18.2 Å². The number of carbonyl (C=O) groups excluding carboxylic acids is 2. The van der Waals surface area contributed by atoms with Crippen LogP contribution in [0.2, 0.25) is 0 Å². The van der Waals surface area contributed by atoms with E-state index < -0.39 is 29.6 Å². The molecule has 1 aromatic carbocycles. The molecular formula is C28H38F3N7O4. The Balaban J connectivity index is 1.55. The van der Waals surface area contributed by atoms with Gasteiger partial charge in [0.2, 0.25) is 11.9 Å². The fourth-order valence-electron chi connectivity index (χ4n) is 5.47. The maximum absolute atomic E-state index is 13.9. The Hall–Kier alpha value is -3.65. The highest BCUT2D eigenvalue weighted by Gasteiger charge is 2.38. The predicted molar refractivity (Wildman–Crippen MR) is 150 cm³/mol. The van der Waals surface area contributed by atoms with E-state index in [0.717, 1.165) is 38.8 Å². The molecule has 230 valence electrons. The van der Waals surface area contributed by atoms with Gasteiger partial charge in [-0.1, -0.05) is 12.8 Å². The molecule has 1 aromatic heterocycles. The molecule has 1 aliphatic heterocycles. The van der Waals surface area contributed by atoms with E-state index in [1.165, 1.54) is 26.2 Å². The third-order valence-corrected chi connectivity index (χ3v) is 7.72. The van der Waals surface area contributed by atoms with Gasteiger partial charge in [0, 0.05) is 24.7 Å². The van der Waals surface area contributed by atoms with Crippen LogP contribution in [-0.4, -0.2) is 84.2 Å². The Kier molecular flexibility index (Phi) is 10.1. The second-order valence-electron chi connectivity index (χ2n) is 10.7. The zero-order valence-corrected chi connectivity index (χ0v) is 24.3. The fraction of sp³-hybridized carbons (Fsp3) is 0.571. The number of anilines is 3. The van der Waals surface area contributed by atoms with E-state index in [2.05, 4.69) is 30.8 Å². The Bertz CT molecular complexity index is 1250. The van der Waals surface area contributed by atoms with E-state index in [1.807, 2.05) is 7.05 Å². The number of aromatic nitrogens is 2. The minimum atomic E-state index is -4.72. The third-order valence-electron chi connectivity index (χ3n) is 7.72. The molecule has 14 heteroatoms. The molecule has 0 spiro atoms. The molecule has 2 atom stereocenters. The number of hydroxylamine groups is 2. The van der Waals surface area contributed by atoms with Crippen molar-refractivity contribution in [3.05, 3.63) is 35.5 Å². The number of rotatable bonds is 9. The Morgan fingerprint density at radius 3 is 2.45 bits per heavy atom. The van der Waals surface area contributed by atoms with Crippen LogP contribution in [0.4, 0.5) is 30.6 Å². The summed E-state index contributed by atoms with van der Waals surface area (Å²) in [5.41, 5.74) is -0.266. The van der Waals surface area contributed by atoms with Crippen molar-refractivity contribution in [3.8, 4) is 5.75 Å². The monoisotopic (exact) mass is 593 g/mol. The molecule has 0 radical (unpaired) electrons. The van der Waals surface area contributed by atoms with Crippen molar-refractivity contribution in [2.75, 3.05) is 45.0 Å². The summed E-state index contributed by atoms with van der Waals surface area (Å²) < 4.78 is 47.3. The number of likely N-dealkylation sites (tertiary alicyclic amines) is 1. The van der Waals surface area contributed by atoms with E-state index in [-0.39, 0.29) is 23.8 Å². The zero-order chi connectivity index (χ0) is 30.4. The van der Waals surface area contributed by atoms with Crippen molar-refractivity contribution in [2.24, 2.45) is 0 Å². The number of hydrogen-bond donors (Lipinski definition) is 3. The van der Waals surface area contributed by atoms with Crippen molar-refractivity contribution >= 4 is 29.3 Å². The lowest BCUT2D eigenvalue weighted by Gasteiger charge is -2.38. The fourth-order valence-corrected chi connectivity index (χ4v) is 5.47. The quantitative estimate of drug-likeness (QED) is 0.367. The van der Waals surface area contributed by atoms with Crippen LogP contribution in [-0.2, 0) is 15.8 Å². The number of methoxy groups -OCH3 is 1. The lowest BCUT2D eigenvalue weighted by Crippen LogP contribution is -2.50. The molecule has 2 heterocycles. The smallest absolute Gasteiger partial charge is 0.421 e. The SMILES string of the molecule is COc1cc(C(=O)NC2CCN(C)CC2)ccc1Nc1ncc(C(F)(F)F)c(N[C@@H]2CCCC[C@@H]2N(OC)C(C)=O)n1. The summed E-state index contributed by atoms with van der Waals surface area (Å²) in [5.74, 6) is -0.787. The van der Waals surface area contributed by atoms with Gasteiger partial charge in [-0.05, 0) is 64.0 Å². The number of ether oxygens (including phenoxy) is 1. The molecule has 1 saturated carbocycles. The van der Waals surface area contributed by atoms with Crippen LogP contribution in [0.3, 0.4) is 0 Å². The maximum atomic E-state index is 13.9. The van der Waals surface area contributed by atoms with Crippen LogP contribution >= 0.6 is 0 Å². The second kappa shape index (κ2) is 13.6. The first kappa shape index (κ1) is 31.3. The molecule has 0 bridgehead atoms. The third kappa shape index (κ3) is 7.59. The summed E-state index contributed by atoms with van der Waals surface area (Å²) in [5, 5.41) is 10.1. The number of benzene rings is 1. The highest BCUT2D eigenvalue weighted by atomic mass is 19.4. The summed E-state index contributed by atoms with van der Waals surface area (Å²) in [7, 11) is 4.83. The minimum absolute atomic E-state index is 0.0825. The van der Waals surface area contributed by atoms with Crippen molar-refractivity contribution in [1.82, 2.24) is 25.2 Å². The number of carbonyl (C=O) groups is 2. The topological polar surface area (TPSA) is 121 Å². The number of halogens is 3. The van der Waals surface area contributed by atoms with Crippen LogP contribution in [0.15, 0.2) is 24.4 Å². The number of piperidine rings is 1. The van der Waals surface area contributed by atoms with E-state index in [9.17, 15) is 22.8 Å². The molecule has 3 N–H and O–H groups in total. The molecule has 2 aromatic rings. The average molecular weight is 594 g/mol. The molecule has 4 rings (SSSR count). The van der Waals surface area contributed by atoms with E-state index in [0.29, 0.717) is 36.0 Å². The molecule has 2 amide bonds. The molecule has 1 saturated heterocycles. The van der Waals surface area contributed by atoms with Crippen molar-refractivity contribution < 1.29 is 32.3 Å². The van der Waals surface area contributed by atoms with Crippen LogP contribution in [0.1, 0.15) is 61.4 Å².